The molecule has 106 valence electrons. The van der Waals surface area contributed by atoms with Gasteiger partial charge in [0.1, 0.15) is 0 Å². The van der Waals surface area contributed by atoms with E-state index >= 15 is 0 Å². The minimum absolute atomic E-state index is 0. The van der Waals surface area contributed by atoms with E-state index in [1.54, 1.807) is 12.1 Å². The largest absolute Gasteiger partial charge is 0.327 e. The van der Waals surface area contributed by atoms with Crippen LogP contribution in [-0.2, 0) is 6.54 Å². The number of halogens is 2. The smallest absolute Gasteiger partial charge is 0.283 e. The zero-order chi connectivity index (χ0) is 13.1. The molecule has 1 fully saturated rings. The van der Waals surface area contributed by atoms with Crippen LogP contribution >= 0.6 is 28.3 Å². The molecule has 1 aliphatic rings. The average molecular weight is 351 g/mol. The van der Waals surface area contributed by atoms with Crippen LogP contribution in [0.1, 0.15) is 18.4 Å². The van der Waals surface area contributed by atoms with E-state index in [1.165, 1.54) is 0 Å². The van der Waals surface area contributed by atoms with Gasteiger partial charge in [0.2, 0.25) is 0 Å². The zero-order valence-electron chi connectivity index (χ0n) is 10.4. The maximum Gasteiger partial charge on any atom is 0.283 e. The third kappa shape index (κ3) is 4.42. The summed E-state index contributed by atoms with van der Waals surface area (Å²) in [5.74, 6) is 0. The molecule has 0 spiro atoms. The van der Waals surface area contributed by atoms with Gasteiger partial charge in [0.05, 0.1) is 9.40 Å². The van der Waals surface area contributed by atoms with Crippen molar-refractivity contribution in [2.24, 2.45) is 5.73 Å². The van der Waals surface area contributed by atoms with Gasteiger partial charge in [-0.3, -0.25) is 15.0 Å². The second kappa shape index (κ2) is 7.19. The summed E-state index contributed by atoms with van der Waals surface area (Å²) in [6, 6.07) is 5.50. The lowest BCUT2D eigenvalue weighted by Crippen LogP contribution is -2.42. The van der Waals surface area contributed by atoms with Crippen LogP contribution in [0.4, 0.5) is 5.69 Å². The monoisotopic (exact) mass is 349 g/mol. The minimum Gasteiger partial charge on any atom is -0.327 e. The first kappa shape index (κ1) is 16.4. The highest BCUT2D eigenvalue weighted by Crippen LogP contribution is 2.26. The molecule has 19 heavy (non-hydrogen) atoms. The van der Waals surface area contributed by atoms with Crippen LogP contribution in [-0.4, -0.2) is 29.0 Å². The van der Waals surface area contributed by atoms with Crippen LogP contribution in [0.15, 0.2) is 22.7 Å². The maximum absolute atomic E-state index is 10.9. The molecule has 1 aliphatic heterocycles. The Bertz CT molecular complexity index is 459. The van der Waals surface area contributed by atoms with Gasteiger partial charge in [-0.1, -0.05) is 6.07 Å². The van der Waals surface area contributed by atoms with Crippen LogP contribution in [0.3, 0.4) is 0 Å². The second-order valence-corrected chi connectivity index (χ2v) is 5.53. The van der Waals surface area contributed by atoms with Crippen molar-refractivity contribution in [1.82, 2.24) is 4.90 Å². The molecule has 1 aromatic carbocycles. The summed E-state index contributed by atoms with van der Waals surface area (Å²) in [6.45, 7) is 2.60. The number of hydrogen-bond donors (Lipinski definition) is 1. The summed E-state index contributed by atoms with van der Waals surface area (Å²) in [4.78, 5) is 12.7. The molecule has 1 atom stereocenters. The number of piperidine rings is 1. The van der Waals surface area contributed by atoms with Gasteiger partial charge in [-0.05, 0) is 46.9 Å². The van der Waals surface area contributed by atoms with Gasteiger partial charge in [0.25, 0.3) is 5.69 Å². The van der Waals surface area contributed by atoms with Crippen molar-refractivity contribution < 1.29 is 4.92 Å². The number of benzene rings is 1. The van der Waals surface area contributed by atoms with E-state index in [0.717, 1.165) is 38.0 Å². The second-order valence-electron chi connectivity index (χ2n) is 4.68. The Morgan fingerprint density at radius 3 is 2.89 bits per heavy atom. The molecular formula is C12H17BrClN3O2. The van der Waals surface area contributed by atoms with Crippen LogP contribution in [0.25, 0.3) is 0 Å². The van der Waals surface area contributed by atoms with Gasteiger partial charge in [0.15, 0.2) is 0 Å². The number of likely N-dealkylation sites (tertiary alicyclic amines) is 1. The molecule has 0 aromatic heterocycles. The quantitative estimate of drug-likeness (QED) is 0.672. The predicted molar refractivity (Wildman–Crippen MR) is 80.5 cm³/mol. The van der Waals surface area contributed by atoms with Crippen molar-refractivity contribution in [2.45, 2.75) is 25.4 Å². The fourth-order valence-electron chi connectivity index (χ4n) is 2.29. The Morgan fingerprint density at radius 1 is 1.53 bits per heavy atom. The Morgan fingerprint density at radius 2 is 2.26 bits per heavy atom. The maximum atomic E-state index is 10.9. The standard InChI is InChI=1S/C12H16BrN3O2.ClH/c13-11-4-3-9(6-12(11)16(17)18)7-15-5-1-2-10(14)8-15;/h3-4,6,10H,1-2,5,7-8,14H2;1H. The molecule has 5 nitrogen and oxygen atoms in total. The summed E-state index contributed by atoms with van der Waals surface area (Å²) in [6.07, 6.45) is 2.16. The summed E-state index contributed by atoms with van der Waals surface area (Å²) in [5, 5.41) is 10.9. The molecule has 1 heterocycles. The summed E-state index contributed by atoms with van der Waals surface area (Å²) >= 11 is 3.19. The van der Waals surface area contributed by atoms with E-state index in [4.69, 9.17) is 5.73 Å². The average Bonchev–Trinajstić information content (AvgIpc) is 2.31. The first-order valence-electron chi connectivity index (χ1n) is 5.97. The zero-order valence-corrected chi connectivity index (χ0v) is 12.8. The number of nitro groups is 1. The van der Waals surface area contributed by atoms with Crippen molar-refractivity contribution in [2.75, 3.05) is 13.1 Å². The van der Waals surface area contributed by atoms with Gasteiger partial charge >= 0.3 is 0 Å². The molecule has 1 saturated heterocycles. The van der Waals surface area contributed by atoms with E-state index in [1.807, 2.05) is 6.07 Å². The molecular weight excluding hydrogens is 334 g/mol. The van der Waals surface area contributed by atoms with Gasteiger partial charge in [-0.2, -0.15) is 0 Å². The van der Waals surface area contributed by atoms with Crippen LogP contribution < -0.4 is 5.73 Å². The van der Waals surface area contributed by atoms with Gasteiger partial charge in [-0.15, -0.1) is 12.4 Å². The highest BCUT2D eigenvalue weighted by atomic mass is 79.9. The first-order valence-corrected chi connectivity index (χ1v) is 6.76. The molecule has 0 saturated carbocycles. The highest BCUT2D eigenvalue weighted by Gasteiger charge is 2.18. The number of hydrogen-bond acceptors (Lipinski definition) is 4. The third-order valence-electron chi connectivity index (χ3n) is 3.16. The van der Waals surface area contributed by atoms with Crippen LogP contribution in [0, 0.1) is 10.1 Å². The molecule has 0 radical (unpaired) electrons. The lowest BCUT2D eigenvalue weighted by molar-refractivity contribution is -0.385. The van der Waals surface area contributed by atoms with Crippen molar-refractivity contribution in [3.8, 4) is 0 Å². The Hall–Kier alpha value is -0.690. The Labute approximate surface area is 126 Å². The number of nitrogens with zero attached hydrogens (tertiary/aromatic N) is 2. The molecule has 1 aromatic rings. The van der Waals surface area contributed by atoms with Crippen molar-refractivity contribution >= 4 is 34.0 Å². The molecule has 0 bridgehead atoms. The summed E-state index contributed by atoms with van der Waals surface area (Å²) in [5.41, 5.74) is 7.00. The number of rotatable bonds is 3. The lowest BCUT2D eigenvalue weighted by Gasteiger charge is -2.30. The van der Waals surface area contributed by atoms with E-state index in [-0.39, 0.29) is 29.1 Å². The molecule has 2 N–H and O–H groups in total. The summed E-state index contributed by atoms with van der Waals surface area (Å²) in [7, 11) is 0. The number of nitrogens with two attached hydrogens (primary N) is 1. The topological polar surface area (TPSA) is 72.4 Å². The Balaban J connectivity index is 0.00000180. The number of nitro benzene ring substituents is 1. The van der Waals surface area contributed by atoms with Crippen molar-refractivity contribution in [3.63, 3.8) is 0 Å². The minimum atomic E-state index is -0.366. The van der Waals surface area contributed by atoms with Crippen LogP contribution in [0.5, 0.6) is 0 Å². The van der Waals surface area contributed by atoms with E-state index in [0.29, 0.717) is 4.47 Å². The predicted octanol–water partition coefficient (Wildman–Crippen LogP) is 2.70. The van der Waals surface area contributed by atoms with Crippen molar-refractivity contribution in [3.05, 3.63) is 38.3 Å². The van der Waals surface area contributed by atoms with E-state index in [2.05, 4.69) is 20.8 Å². The first-order chi connectivity index (χ1) is 8.56. The van der Waals surface area contributed by atoms with E-state index in [9.17, 15) is 10.1 Å². The van der Waals surface area contributed by atoms with E-state index < -0.39 is 0 Å². The van der Waals surface area contributed by atoms with Gasteiger partial charge in [0, 0.05) is 25.2 Å². The van der Waals surface area contributed by atoms with Gasteiger partial charge in [-0.25, -0.2) is 0 Å². The molecule has 1 unspecified atom stereocenters. The highest BCUT2D eigenvalue weighted by molar-refractivity contribution is 9.10. The van der Waals surface area contributed by atoms with Gasteiger partial charge < -0.3 is 5.73 Å². The molecule has 0 amide bonds. The molecule has 7 heteroatoms. The third-order valence-corrected chi connectivity index (χ3v) is 3.83. The molecule has 2 rings (SSSR count). The summed E-state index contributed by atoms with van der Waals surface area (Å²) < 4.78 is 0.520. The SMILES string of the molecule is Cl.NC1CCCN(Cc2ccc(Br)c([N+](=O)[O-])c2)C1. The Kier molecular flexibility index (Phi) is 6.19. The fraction of sp³-hybridized carbons (Fsp3) is 0.500. The van der Waals surface area contributed by atoms with Crippen LogP contribution in [0.2, 0.25) is 0 Å². The molecule has 0 aliphatic carbocycles. The fourth-order valence-corrected chi connectivity index (χ4v) is 2.68. The normalized spacial score (nSPS) is 19.8. The lowest BCUT2D eigenvalue weighted by atomic mass is 10.1. The van der Waals surface area contributed by atoms with Crippen molar-refractivity contribution in [1.29, 1.82) is 0 Å².